The lowest BCUT2D eigenvalue weighted by Crippen LogP contribution is -2.41. The summed E-state index contributed by atoms with van der Waals surface area (Å²) in [6, 6.07) is 8.42. The highest BCUT2D eigenvalue weighted by Gasteiger charge is 2.41. The van der Waals surface area contributed by atoms with Crippen molar-refractivity contribution in [3.05, 3.63) is 35.4 Å². The summed E-state index contributed by atoms with van der Waals surface area (Å²) in [5.41, 5.74) is 1.72. The van der Waals surface area contributed by atoms with Gasteiger partial charge in [-0.25, -0.2) is 0 Å². The lowest BCUT2D eigenvalue weighted by atomic mass is 9.69. The van der Waals surface area contributed by atoms with Crippen LogP contribution in [0.4, 0.5) is 0 Å². The van der Waals surface area contributed by atoms with Gasteiger partial charge in [-0.15, -0.1) is 0 Å². The van der Waals surface area contributed by atoms with Crippen LogP contribution in [0.5, 0.6) is 0 Å². The van der Waals surface area contributed by atoms with E-state index in [4.69, 9.17) is 0 Å². The lowest BCUT2D eigenvalue weighted by Gasteiger charge is -2.37. The maximum atomic E-state index is 11.8. The van der Waals surface area contributed by atoms with Crippen molar-refractivity contribution >= 4 is 5.97 Å². The molecule has 3 heteroatoms. The molecule has 0 atom stereocenters. The van der Waals surface area contributed by atoms with Crippen LogP contribution in [0.1, 0.15) is 49.1 Å². The van der Waals surface area contributed by atoms with Crippen LogP contribution in [0, 0.1) is 0 Å². The predicted molar refractivity (Wildman–Crippen MR) is 79.1 cm³/mol. The smallest absolute Gasteiger partial charge is 0.314 e. The Morgan fingerprint density at radius 2 is 1.75 bits per heavy atom. The molecular formula is C17H23NO2. The summed E-state index contributed by atoms with van der Waals surface area (Å²) in [7, 11) is 2.13. The van der Waals surface area contributed by atoms with Gasteiger partial charge in [-0.05, 0) is 31.0 Å². The summed E-state index contributed by atoms with van der Waals surface area (Å²) in [6.07, 6.45) is 4.80. The van der Waals surface area contributed by atoms with E-state index < -0.39 is 11.4 Å². The van der Waals surface area contributed by atoms with E-state index >= 15 is 0 Å². The largest absolute Gasteiger partial charge is 0.481 e. The predicted octanol–water partition coefficient (Wildman–Crippen LogP) is 3.00. The zero-order valence-electron chi connectivity index (χ0n) is 12.1. The van der Waals surface area contributed by atoms with Crippen LogP contribution >= 0.6 is 0 Å². The lowest BCUT2D eigenvalue weighted by molar-refractivity contribution is -0.145. The molecule has 2 aliphatic rings. The molecule has 1 aromatic carbocycles. The number of benzene rings is 1. The second-order valence-corrected chi connectivity index (χ2v) is 6.49. The minimum atomic E-state index is -0.645. The van der Waals surface area contributed by atoms with Crippen molar-refractivity contribution < 1.29 is 9.90 Å². The van der Waals surface area contributed by atoms with E-state index in [0.29, 0.717) is 5.92 Å². The molecule has 1 aliphatic heterocycles. The minimum absolute atomic E-state index is 0.626. The van der Waals surface area contributed by atoms with E-state index in [1.54, 1.807) is 0 Å². The van der Waals surface area contributed by atoms with Gasteiger partial charge < -0.3 is 10.0 Å². The van der Waals surface area contributed by atoms with E-state index in [-0.39, 0.29) is 0 Å². The van der Waals surface area contributed by atoms with E-state index in [0.717, 1.165) is 44.3 Å². The molecule has 1 aliphatic carbocycles. The summed E-state index contributed by atoms with van der Waals surface area (Å²) in [4.78, 5) is 14.1. The average Bonchev–Trinajstić information content (AvgIpc) is 2.45. The molecule has 1 saturated heterocycles. The number of likely N-dealkylation sites (N-methyl/N-ethyl adjacent to an activating group) is 1. The van der Waals surface area contributed by atoms with E-state index in [2.05, 4.69) is 36.2 Å². The summed E-state index contributed by atoms with van der Waals surface area (Å²) in [5, 5.41) is 9.71. The molecule has 0 spiro atoms. The maximum Gasteiger partial charge on any atom is 0.314 e. The highest BCUT2D eigenvalue weighted by molar-refractivity contribution is 5.81. The first-order chi connectivity index (χ1) is 9.62. The number of rotatable bonds is 3. The third-order valence-corrected chi connectivity index (χ3v) is 5.12. The number of aliphatic carboxylic acids is 1. The SMILES string of the molecule is CN1CC(c2ccc(C3(C(=O)O)CCCCC3)cc2)C1. The van der Waals surface area contributed by atoms with E-state index in [1.807, 2.05) is 0 Å². The van der Waals surface area contributed by atoms with Crippen LogP contribution in [0.25, 0.3) is 0 Å². The van der Waals surface area contributed by atoms with Crippen molar-refractivity contribution in [1.29, 1.82) is 0 Å². The Bertz CT molecular complexity index is 482. The first-order valence-corrected chi connectivity index (χ1v) is 7.64. The molecule has 0 bridgehead atoms. The number of likely N-dealkylation sites (tertiary alicyclic amines) is 1. The zero-order valence-corrected chi connectivity index (χ0v) is 12.1. The molecule has 1 aromatic rings. The number of hydrogen-bond acceptors (Lipinski definition) is 2. The zero-order chi connectivity index (χ0) is 14.2. The molecule has 0 amide bonds. The standard InChI is InChI=1S/C17H23NO2/c1-18-11-14(12-18)13-5-7-15(8-6-13)17(16(19)20)9-3-2-4-10-17/h5-8,14H,2-4,9-12H2,1H3,(H,19,20). The van der Waals surface area contributed by atoms with Crippen LogP contribution < -0.4 is 0 Å². The van der Waals surface area contributed by atoms with Crippen LogP contribution in [-0.2, 0) is 10.2 Å². The Morgan fingerprint density at radius 1 is 1.15 bits per heavy atom. The Hall–Kier alpha value is -1.35. The van der Waals surface area contributed by atoms with Crippen LogP contribution in [0.2, 0.25) is 0 Å². The monoisotopic (exact) mass is 273 g/mol. The van der Waals surface area contributed by atoms with Crippen molar-refractivity contribution in [3.8, 4) is 0 Å². The first kappa shape index (κ1) is 13.6. The van der Waals surface area contributed by atoms with E-state index in [9.17, 15) is 9.90 Å². The van der Waals surface area contributed by atoms with Gasteiger partial charge in [0.2, 0.25) is 0 Å². The summed E-state index contributed by atoms with van der Waals surface area (Å²) < 4.78 is 0. The van der Waals surface area contributed by atoms with Crippen LogP contribution in [0.15, 0.2) is 24.3 Å². The van der Waals surface area contributed by atoms with E-state index in [1.165, 1.54) is 12.0 Å². The number of carbonyl (C=O) groups is 1. The number of carboxylic acid groups (broad SMARTS) is 1. The third-order valence-electron chi connectivity index (χ3n) is 5.12. The van der Waals surface area contributed by atoms with Crippen molar-refractivity contribution in [2.24, 2.45) is 0 Å². The molecule has 0 aromatic heterocycles. The van der Waals surface area contributed by atoms with Crippen LogP contribution in [0.3, 0.4) is 0 Å². The molecule has 0 radical (unpaired) electrons. The normalized spacial score (nSPS) is 23.2. The molecule has 0 unspecified atom stereocenters. The third kappa shape index (κ3) is 2.24. The van der Waals surface area contributed by atoms with Crippen LogP contribution in [-0.4, -0.2) is 36.1 Å². The molecular weight excluding hydrogens is 250 g/mol. The van der Waals surface area contributed by atoms with Gasteiger partial charge in [-0.3, -0.25) is 4.79 Å². The fourth-order valence-electron chi connectivity index (χ4n) is 3.77. The topological polar surface area (TPSA) is 40.5 Å². The Kier molecular flexibility index (Phi) is 3.55. The Morgan fingerprint density at radius 3 is 2.25 bits per heavy atom. The maximum absolute atomic E-state index is 11.8. The first-order valence-electron chi connectivity index (χ1n) is 7.64. The average molecular weight is 273 g/mol. The summed E-state index contributed by atoms with van der Waals surface area (Å²) in [6.45, 7) is 2.23. The van der Waals surface area contributed by atoms with Gasteiger partial charge in [0.1, 0.15) is 0 Å². The quantitative estimate of drug-likeness (QED) is 0.920. The number of carboxylic acids is 1. The second kappa shape index (κ2) is 5.21. The summed E-state index contributed by atoms with van der Waals surface area (Å²) in [5.74, 6) is -0.0190. The number of nitrogens with zero attached hydrogens (tertiary/aromatic N) is 1. The Labute approximate surface area is 120 Å². The van der Waals surface area contributed by atoms with Gasteiger partial charge >= 0.3 is 5.97 Å². The molecule has 1 heterocycles. The van der Waals surface area contributed by atoms with Gasteiger partial charge in [0.05, 0.1) is 5.41 Å². The fraction of sp³-hybridized carbons (Fsp3) is 0.588. The van der Waals surface area contributed by atoms with Crippen molar-refractivity contribution in [2.75, 3.05) is 20.1 Å². The van der Waals surface area contributed by atoms with Crippen molar-refractivity contribution in [3.63, 3.8) is 0 Å². The molecule has 1 N–H and O–H groups in total. The van der Waals surface area contributed by atoms with Gasteiger partial charge in [-0.1, -0.05) is 43.5 Å². The second-order valence-electron chi connectivity index (χ2n) is 6.49. The molecule has 3 nitrogen and oxygen atoms in total. The molecule has 2 fully saturated rings. The Balaban J connectivity index is 1.83. The van der Waals surface area contributed by atoms with Crippen molar-refractivity contribution in [2.45, 2.75) is 43.4 Å². The highest BCUT2D eigenvalue weighted by atomic mass is 16.4. The van der Waals surface area contributed by atoms with Gasteiger partial charge in [-0.2, -0.15) is 0 Å². The molecule has 108 valence electrons. The molecule has 3 rings (SSSR count). The van der Waals surface area contributed by atoms with Crippen molar-refractivity contribution in [1.82, 2.24) is 4.90 Å². The number of hydrogen-bond donors (Lipinski definition) is 1. The minimum Gasteiger partial charge on any atom is -0.481 e. The molecule has 20 heavy (non-hydrogen) atoms. The van der Waals surface area contributed by atoms with Gasteiger partial charge in [0, 0.05) is 19.0 Å². The fourth-order valence-corrected chi connectivity index (χ4v) is 3.77. The highest BCUT2D eigenvalue weighted by Crippen LogP contribution is 2.40. The summed E-state index contributed by atoms with van der Waals surface area (Å²) >= 11 is 0. The van der Waals surface area contributed by atoms with Gasteiger partial charge in [0.15, 0.2) is 0 Å². The van der Waals surface area contributed by atoms with Gasteiger partial charge in [0.25, 0.3) is 0 Å². The molecule has 1 saturated carbocycles.